The Hall–Kier alpha value is -1.55. The summed E-state index contributed by atoms with van der Waals surface area (Å²) in [6.45, 7) is 0. The third kappa shape index (κ3) is 2.73. The number of benzene rings is 2. The van der Waals surface area contributed by atoms with Crippen molar-refractivity contribution < 1.29 is 17.6 Å². The lowest BCUT2D eigenvalue weighted by Crippen LogP contribution is -2.03. The highest BCUT2D eigenvalue weighted by atomic mass is 127. The fourth-order valence-corrected chi connectivity index (χ4v) is 1.84. The Bertz CT molecular complexity index is 655. The van der Waals surface area contributed by atoms with E-state index in [-0.39, 0.29) is 0 Å². The average Bonchev–Trinajstić information content (AvgIpc) is 2.44. The third-order valence-corrected chi connectivity index (χ3v) is 3.26. The molecule has 0 aliphatic rings. The molecule has 96 valence electrons. The molecule has 0 amide bonds. The second-order valence-corrected chi connectivity index (χ2v) is 4.64. The maximum absolute atomic E-state index is 13.5. The normalized spacial score (nSPS) is 9.95. The molecule has 0 nitrogen and oxygen atoms in total. The summed E-state index contributed by atoms with van der Waals surface area (Å²) in [7, 11) is 0. The second kappa shape index (κ2) is 5.61. The summed E-state index contributed by atoms with van der Waals surface area (Å²) in [6.07, 6.45) is 0. The van der Waals surface area contributed by atoms with Crippen molar-refractivity contribution >= 4 is 22.6 Å². The van der Waals surface area contributed by atoms with E-state index in [1.54, 1.807) is 30.3 Å². The summed E-state index contributed by atoms with van der Waals surface area (Å²) in [5, 5.41) is 0. The quantitative estimate of drug-likeness (QED) is 0.212. The number of halogens is 5. The van der Waals surface area contributed by atoms with Crippen molar-refractivity contribution in [2.75, 3.05) is 0 Å². The van der Waals surface area contributed by atoms with Crippen LogP contribution in [0, 0.1) is 38.7 Å². The first kappa shape index (κ1) is 13.9. The first-order valence-electron chi connectivity index (χ1n) is 5.11. The minimum Gasteiger partial charge on any atom is -0.202 e. The fourth-order valence-electron chi connectivity index (χ4n) is 1.37. The smallest absolute Gasteiger partial charge is 0.178 e. The summed E-state index contributed by atoms with van der Waals surface area (Å²) in [6, 6.07) is 8.35. The Morgan fingerprint density at radius 3 is 1.79 bits per heavy atom. The highest BCUT2D eigenvalue weighted by Gasteiger charge is 2.22. The number of rotatable bonds is 0. The molecule has 2 rings (SSSR count). The minimum atomic E-state index is -1.48. The predicted octanol–water partition coefficient (Wildman–Crippen LogP) is 4.25. The van der Waals surface area contributed by atoms with Gasteiger partial charge in [0.15, 0.2) is 23.3 Å². The Labute approximate surface area is 120 Å². The number of hydrogen-bond donors (Lipinski definition) is 0. The Morgan fingerprint density at radius 1 is 0.737 bits per heavy atom. The molecule has 2 aromatic rings. The summed E-state index contributed by atoms with van der Waals surface area (Å²) < 4.78 is 52.9. The first-order valence-corrected chi connectivity index (χ1v) is 6.18. The highest BCUT2D eigenvalue weighted by molar-refractivity contribution is 14.1. The summed E-state index contributed by atoms with van der Waals surface area (Å²) in [5.41, 5.74) is -0.417. The lowest BCUT2D eigenvalue weighted by molar-refractivity contribution is 0.442. The van der Waals surface area contributed by atoms with E-state index in [0.717, 1.165) is 0 Å². The van der Waals surface area contributed by atoms with Gasteiger partial charge < -0.3 is 0 Å². The van der Waals surface area contributed by atoms with Gasteiger partial charge >= 0.3 is 0 Å². The van der Waals surface area contributed by atoms with Gasteiger partial charge in [-0.2, -0.15) is 0 Å². The molecular weight excluding hydrogens is 371 g/mol. The first-order chi connectivity index (χ1) is 9.02. The van der Waals surface area contributed by atoms with Crippen LogP contribution >= 0.6 is 22.6 Å². The predicted molar refractivity (Wildman–Crippen MR) is 71.4 cm³/mol. The zero-order chi connectivity index (χ0) is 14.0. The minimum absolute atomic E-state index is 0.487. The van der Waals surface area contributed by atoms with Gasteiger partial charge in [0, 0.05) is 5.56 Å². The van der Waals surface area contributed by atoms with E-state index in [4.69, 9.17) is 0 Å². The van der Waals surface area contributed by atoms with E-state index < -0.39 is 32.4 Å². The van der Waals surface area contributed by atoms with E-state index in [1.165, 1.54) is 22.6 Å². The van der Waals surface area contributed by atoms with Crippen LogP contribution < -0.4 is 0 Å². The van der Waals surface area contributed by atoms with Gasteiger partial charge in [0.1, 0.15) is 5.56 Å². The zero-order valence-electron chi connectivity index (χ0n) is 9.28. The molecule has 0 heterocycles. The van der Waals surface area contributed by atoms with Gasteiger partial charge in [-0.25, -0.2) is 17.6 Å². The van der Waals surface area contributed by atoms with E-state index in [2.05, 4.69) is 11.8 Å². The molecule has 0 fully saturated rings. The molecule has 0 saturated carbocycles. The van der Waals surface area contributed by atoms with Crippen LogP contribution in [0.4, 0.5) is 17.6 Å². The van der Waals surface area contributed by atoms with Gasteiger partial charge in [-0.1, -0.05) is 30.0 Å². The van der Waals surface area contributed by atoms with Crippen molar-refractivity contribution in [3.63, 3.8) is 0 Å². The van der Waals surface area contributed by atoms with Crippen LogP contribution in [0.1, 0.15) is 11.1 Å². The van der Waals surface area contributed by atoms with Gasteiger partial charge in [0.2, 0.25) is 0 Å². The van der Waals surface area contributed by atoms with Crippen LogP contribution in [-0.4, -0.2) is 0 Å². The van der Waals surface area contributed by atoms with E-state index in [9.17, 15) is 17.6 Å². The van der Waals surface area contributed by atoms with Crippen molar-refractivity contribution in [1.82, 2.24) is 0 Å². The Morgan fingerprint density at radius 2 is 1.26 bits per heavy atom. The molecule has 0 radical (unpaired) electrons. The fraction of sp³-hybridized carbons (Fsp3) is 0. The summed E-state index contributed by atoms with van der Waals surface area (Å²) in [4.78, 5) is 0. The molecule has 0 aliphatic carbocycles. The van der Waals surface area contributed by atoms with Gasteiger partial charge in [-0.3, -0.25) is 0 Å². The van der Waals surface area contributed by atoms with Crippen molar-refractivity contribution in [2.45, 2.75) is 0 Å². The molecule has 19 heavy (non-hydrogen) atoms. The molecule has 0 aliphatic heterocycles. The molecule has 0 atom stereocenters. The lowest BCUT2D eigenvalue weighted by Gasteiger charge is -2.03. The standard InChI is InChI=1S/C14H5F4I/c15-10-9(7-6-8-4-2-1-3-5-8)11(16)13(18)14(19)12(10)17/h1-5H. The van der Waals surface area contributed by atoms with Gasteiger partial charge in [-0.05, 0) is 34.7 Å². The number of hydrogen-bond acceptors (Lipinski definition) is 0. The van der Waals surface area contributed by atoms with E-state index in [1.807, 2.05) is 0 Å². The maximum atomic E-state index is 13.5. The molecule has 5 heteroatoms. The molecule has 0 saturated heterocycles. The highest BCUT2D eigenvalue weighted by Crippen LogP contribution is 2.24. The molecule has 0 N–H and O–H groups in total. The van der Waals surface area contributed by atoms with Crippen LogP contribution in [0.15, 0.2) is 30.3 Å². The summed E-state index contributed by atoms with van der Waals surface area (Å²) in [5.74, 6) is -1.25. The van der Waals surface area contributed by atoms with Crippen molar-refractivity contribution in [3.8, 4) is 11.8 Å². The van der Waals surface area contributed by atoms with Gasteiger partial charge in [0.05, 0.1) is 3.57 Å². The summed E-state index contributed by atoms with van der Waals surface area (Å²) >= 11 is 1.20. The van der Waals surface area contributed by atoms with Crippen LogP contribution in [0.2, 0.25) is 0 Å². The SMILES string of the molecule is Fc1c(F)c(C#Cc2ccccc2)c(F)c(F)c1I. The zero-order valence-corrected chi connectivity index (χ0v) is 11.4. The average molecular weight is 376 g/mol. The van der Waals surface area contributed by atoms with Crippen molar-refractivity contribution in [1.29, 1.82) is 0 Å². The van der Waals surface area contributed by atoms with Gasteiger partial charge in [0.25, 0.3) is 0 Å². The largest absolute Gasteiger partial charge is 0.202 e. The molecular formula is C14H5F4I. The molecule has 0 aromatic heterocycles. The van der Waals surface area contributed by atoms with Crippen LogP contribution in [0.25, 0.3) is 0 Å². The van der Waals surface area contributed by atoms with Gasteiger partial charge in [-0.15, -0.1) is 0 Å². The maximum Gasteiger partial charge on any atom is 0.178 e. The third-order valence-electron chi connectivity index (χ3n) is 2.32. The molecule has 0 spiro atoms. The van der Waals surface area contributed by atoms with Crippen LogP contribution in [0.5, 0.6) is 0 Å². The second-order valence-electron chi connectivity index (χ2n) is 3.56. The van der Waals surface area contributed by atoms with Crippen molar-refractivity contribution in [3.05, 3.63) is 68.3 Å². The Kier molecular flexibility index (Phi) is 4.10. The van der Waals surface area contributed by atoms with E-state index in [0.29, 0.717) is 5.56 Å². The molecule has 0 unspecified atom stereocenters. The topological polar surface area (TPSA) is 0 Å². The Balaban J connectivity index is 2.57. The molecule has 2 aromatic carbocycles. The van der Waals surface area contributed by atoms with Crippen molar-refractivity contribution in [2.24, 2.45) is 0 Å². The van der Waals surface area contributed by atoms with Crippen LogP contribution in [-0.2, 0) is 0 Å². The van der Waals surface area contributed by atoms with E-state index >= 15 is 0 Å². The van der Waals surface area contributed by atoms with Crippen LogP contribution in [0.3, 0.4) is 0 Å². The lowest BCUT2D eigenvalue weighted by atomic mass is 10.1. The monoisotopic (exact) mass is 376 g/mol. The molecule has 0 bridgehead atoms.